The van der Waals surface area contributed by atoms with E-state index >= 15 is 0 Å². The molecule has 0 aliphatic rings. The molecule has 1 aromatic carbocycles. The van der Waals surface area contributed by atoms with Gasteiger partial charge in [-0.25, -0.2) is 9.97 Å². The molecule has 2 heterocycles. The summed E-state index contributed by atoms with van der Waals surface area (Å²) < 4.78 is 5.45. The van der Waals surface area contributed by atoms with E-state index in [1.807, 2.05) is 0 Å². The minimum atomic E-state index is -0.464. The molecule has 8 nitrogen and oxygen atoms in total. The van der Waals surface area contributed by atoms with Gasteiger partial charge in [0, 0.05) is 35.6 Å². The minimum Gasteiger partial charge on any atom is -0.457 e. The third-order valence-corrected chi connectivity index (χ3v) is 3.01. The number of rotatable bonds is 3. The Labute approximate surface area is 148 Å². The van der Waals surface area contributed by atoms with Crippen LogP contribution in [0.25, 0.3) is 0 Å². The molecule has 2 aromatic heterocycles. The molecule has 0 atom stereocenters. The highest BCUT2D eigenvalue weighted by Crippen LogP contribution is 2.24. The molecule has 0 bridgehead atoms. The Bertz CT molecular complexity index is 841. The summed E-state index contributed by atoms with van der Waals surface area (Å²) in [4.78, 5) is 17.6. The Kier molecular flexibility index (Phi) is 6.08. The van der Waals surface area contributed by atoms with Crippen molar-refractivity contribution in [1.82, 2.24) is 9.97 Å². The van der Waals surface area contributed by atoms with Crippen molar-refractivity contribution in [3.05, 3.63) is 76.1 Å². The first-order valence-electron chi connectivity index (χ1n) is 6.95. The summed E-state index contributed by atoms with van der Waals surface area (Å²) in [6.07, 6.45) is 3.09. The first kappa shape index (κ1) is 18.0. The van der Waals surface area contributed by atoms with Crippen molar-refractivity contribution < 1.29 is 9.66 Å². The zero-order chi connectivity index (χ0) is 18.2. The van der Waals surface area contributed by atoms with E-state index in [2.05, 4.69) is 9.97 Å². The van der Waals surface area contributed by atoms with Crippen molar-refractivity contribution in [2.45, 2.75) is 0 Å². The van der Waals surface area contributed by atoms with Gasteiger partial charge in [0.05, 0.1) is 4.92 Å². The maximum atomic E-state index is 10.5. The number of benzene rings is 1. The monoisotopic (exact) mass is 359 g/mol. The van der Waals surface area contributed by atoms with E-state index in [9.17, 15) is 10.1 Å². The first-order chi connectivity index (χ1) is 11.9. The van der Waals surface area contributed by atoms with E-state index in [4.69, 9.17) is 27.8 Å². The Balaban J connectivity index is 0.000000236. The van der Waals surface area contributed by atoms with Crippen molar-refractivity contribution in [3.8, 4) is 11.5 Å². The van der Waals surface area contributed by atoms with Crippen molar-refractivity contribution in [2.75, 3.05) is 11.5 Å². The van der Waals surface area contributed by atoms with Crippen LogP contribution in [-0.2, 0) is 0 Å². The third-order valence-electron chi connectivity index (χ3n) is 2.78. The summed E-state index contributed by atoms with van der Waals surface area (Å²) in [6, 6.07) is 12.3. The standard InChI is InChI=1S/C11H9N3O3.C5H5ClN2/c12-11-7-10(5-6-13-11)17-9-3-1-8(2-4-9)14(15)16;6-4-1-2-8-5(7)3-4/h1-7H,(H2,12,13);1-3H,(H2,7,8). The van der Waals surface area contributed by atoms with Gasteiger partial charge in [-0.05, 0) is 30.3 Å². The second kappa shape index (κ2) is 8.46. The van der Waals surface area contributed by atoms with Crippen LogP contribution in [0.3, 0.4) is 0 Å². The smallest absolute Gasteiger partial charge is 0.269 e. The van der Waals surface area contributed by atoms with Gasteiger partial charge in [0.25, 0.3) is 5.69 Å². The Hall–Kier alpha value is -3.39. The molecule has 0 saturated carbocycles. The Morgan fingerprint density at radius 2 is 1.52 bits per heavy atom. The number of non-ortho nitro benzene ring substituents is 1. The zero-order valence-electron chi connectivity index (χ0n) is 12.9. The van der Waals surface area contributed by atoms with Gasteiger partial charge in [0.1, 0.15) is 23.1 Å². The predicted molar refractivity (Wildman–Crippen MR) is 95.5 cm³/mol. The average Bonchev–Trinajstić information content (AvgIpc) is 2.56. The van der Waals surface area contributed by atoms with Gasteiger partial charge in [-0.3, -0.25) is 10.1 Å². The molecule has 0 saturated heterocycles. The number of pyridine rings is 2. The molecule has 0 amide bonds. The maximum absolute atomic E-state index is 10.5. The number of nitrogen functional groups attached to an aromatic ring is 2. The third kappa shape index (κ3) is 5.96. The predicted octanol–water partition coefficient (Wildman–Crippen LogP) is 3.68. The van der Waals surface area contributed by atoms with Crippen LogP contribution in [0.5, 0.6) is 11.5 Å². The van der Waals surface area contributed by atoms with Crippen molar-refractivity contribution in [2.24, 2.45) is 0 Å². The number of nitrogens with zero attached hydrogens (tertiary/aromatic N) is 3. The molecule has 0 aliphatic heterocycles. The van der Waals surface area contributed by atoms with Crippen LogP contribution in [0, 0.1) is 10.1 Å². The highest BCUT2D eigenvalue weighted by molar-refractivity contribution is 6.30. The second-order valence-corrected chi connectivity index (χ2v) is 5.10. The largest absolute Gasteiger partial charge is 0.457 e. The maximum Gasteiger partial charge on any atom is 0.269 e. The van der Waals surface area contributed by atoms with E-state index in [1.165, 1.54) is 30.5 Å². The van der Waals surface area contributed by atoms with E-state index < -0.39 is 4.92 Å². The molecule has 4 N–H and O–H groups in total. The van der Waals surface area contributed by atoms with Gasteiger partial charge in [0.15, 0.2) is 0 Å². The van der Waals surface area contributed by atoms with Gasteiger partial charge >= 0.3 is 0 Å². The zero-order valence-corrected chi connectivity index (χ0v) is 13.6. The molecule has 25 heavy (non-hydrogen) atoms. The molecular weight excluding hydrogens is 346 g/mol. The summed E-state index contributed by atoms with van der Waals surface area (Å²) in [7, 11) is 0. The lowest BCUT2D eigenvalue weighted by molar-refractivity contribution is -0.384. The van der Waals surface area contributed by atoms with Crippen LogP contribution in [0.15, 0.2) is 60.9 Å². The molecule has 128 valence electrons. The molecule has 3 rings (SSSR count). The number of nitrogens with two attached hydrogens (primary N) is 2. The van der Waals surface area contributed by atoms with Crippen molar-refractivity contribution in [3.63, 3.8) is 0 Å². The summed E-state index contributed by atoms with van der Waals surface area (Å²) in [5.41, 5.74) is 10.8. The minimum absolute atomic E-state index is 0.0200. The lowest BCUT2D eigenvalue weighted by atomic mass is 10.3. The molecular formula is C16H14ClN5O3. The summed E-state index contributed by atoms with van der Waals surface area (Å²) in [6.45, 7) is 0. The van der Waals surface area contributed by atoms with Crippen LogP contribution in [0.4, 0.5) is 17.3 Å². The SMILES string of the molecule is Nc1cc(Cl)ccn1.Nc1cc(Oc2ccc([N+](=O)[O-])cc2)ccn1. The fourth-order valence-electron chi connectivity index (χ4n) is 1.68. The van der Waals surface area contributed by atoms with E-state index in [0.717, 1.165) is 0 Å². The second-order valence-electron chi connectivity index (χ2n) is 4.67. The Morgan fingerprint density at radius 1 is 0.920 bits per heavy atom. The van der Waals surface area contributed by atoms with Crippen LogP contribution in [-0.4, -0.2) is 14.9 Å². The number of nitro groups is 1. The highest BCUT2D eigenvalue weighted by atomic mass is 35.5. The number of anilines is 2. The lowest BCUT2D eigenvalue weighted by Gasteiger charge is -2.05. The van der Waals surface area contributed by atoms with Crippen LogP contribution in [0.1, 0.15) is 0 Å². The van der Waals surface area contributed by atoms with Gasteiger partial charge in [0.2, 0.25) is 0 Å². The number of aromatic nitrogens is 2. The van der Waals surface area contributed by atoms with Gasteiger partial charge < -0.3 is 16.2 Å². The van der Waals surface area contributed by atoms with Crippen LogP contribution >= 0.6 is 11.6 Å². The molecule has 3 aromatic rings. The lowest BCUT2D eigenvalue weighted by Crippen LogP contribution is -1.91. The number of hydrogen-bond donors (Lipinski definition) is 2. The number of halogens is 1. The van der Waals surface area contributed by atoms with Gasteiger partial charge in [-0.2, -0.15) is 0 Å². The molecule has 0 aliphatic carbocycles. The molecule has 0 radical (unpaired) electrons. The molecule has 0 unspecified atom stereocenters. The summed E-state index contributed by atoms with van der Waals surface area (Å²) in [5.74, 6) is 1.84. The Morgan fingerprint density at radius 3 is 2.00 bits per heavy atom. The van der Waals surface area contributed by atoms with Crippen molar-refractivity contribution in [1.29, 1.82) is 0 Å². The van der Waals surface area contributed by atoms with E-state index in [1.54, 1.807) is 30.5 Å². The quantitative estimate of drug-likeness (QED) is 0.538. The average molecular weight is 360 g/mol. The fourth-order valence-corrected chi connectivity index (χ4v) is 1.85. The van der Waals surface area contributed by atoms with Crippen LogP contribution in [0.2, 0.25) is 5.02 Å². The normalized spacial score (nSPS) is 9.64. The number of nitro benzene ring substituents is 1. The van der Waals surface area contributed by atoms with E-state index in [-0.39, 0.29) is 5.69 Å². The number of hydrogen-bond acceptors (Lipinski definition) is 7. The number of ether oxygens (including phenoxy) is 1. The molecule has 9 heteroatoms. The van der Waals surface area contributed by atoms with Crippen molar-refractivity contribution >= 4 is 28.9 Å². The van der Waals surface area contributed by atoms with Crippen LogP contribution < -0.4 is 16.2 Å². The molecule has 0 spiro atoms. The summed E-state index contributed by atoms with van der Waals surface area (Å²) >= 11 is 5.52. The molecule has 0 fully saturated rings. The topological polar surface area (TPSA) is 130 Å². The van der Waals surface area contributed by atoms with E-state index in [0.29, 0.717) is 28.2 Å². The highest BCUT2D eigenvalue weighted by Gasteiger charge is 2.05. The fraction of sp³-hybridized carbons (Fsp3) is 0. The summed E-state index contributed by atoms with van der Waals surface area (Å²) in [5, 5.41) is 11.1. The first-order valence-corrected chi connectivity index (χ1v) is 7.32. The van der Waals surface area contributed by atoms with Gasteiger partial charge in [-0.1, -0.05) is 11.6 Å². The van der Waals surface area contributed by atoms with Gasteiger partial charge in [-0.15, -0.1) is 0 Å².